The number of nitrogens with one attached hydrogen (secondary N) is 1. The molecule has 1 aliphatic rings. The fourth-order valence-electron chi connectivity index (χ4n) is 3.37. The van der Waals surface area contributed by atoms with Gasteiger partial charge in [0.05, 0.1) is 18.9 Å². The van der Waals surface area contributed by atoms with Gasteiger partial charge in [-0.2, -0.15) is 0 Å². The van der Waals surface area contributed by atoms with Gasteiger partial charge in [0.25, 0.3) is 0 Å². The van der Waals surface area contributed by atoms with Crippen LogP contribution < -0.4 is 14.8 Å². The zero-order valence-corrected chi connectivity index (χ0v) is 17.6. The van der Waals surface area contributed by atoms with E-state index in [-0.39, 0.29) is 12.1 Å². The lowest BCUT2D eigenvalue weighted by Crippen LogP contribution is -2.50. The molecule has 6 nitrogen and oxygen atoms in total. The predicted molar refractivity (Wildman–Crippen MR) is 116 cm³/mol. The Morgan fingerprint density at radius 3 is 2.38 bits per heavy atom. The Morgan fingerprint density at radius 1 is 1.03 bits per heavy atom. The van der Waals surface area contributed by atoms with Crippen LogP contribution in [0.1, 0.15) is 19.4 Å². The number of hydrogen-bond acceptors (Lipinski definition) is 4. The maximum Gasteiger partial charge on any atom is 0.322 e. The number of methoxy groups -OCH3 is 1. The van der Waals surface area contributed by atoms with E-state index in [4.69, 9.17) is 9.47 Å². The molecule has 1 N–H and O–H groups in total. The molecule has 1 saturated heterocycles. The molecular weight excluding hydrogens is 366 g/mol. The van der Waals surface area contributed by atoms with Crippen LogP contribution >= 0.6 is 0 Å². The summed E-state index contributed by atoms with van der Waals surface area (Å²) in [6, 6.07) is 15.7. The number of benzene rings is 2. The van der Waals surface area contributed by atoms with Crippen LogP contribution in [0.3, 0.4) is 0 Å². The fourth-order valence-corrected chi connectivity index (χ4v) is 3.37. The van der Waals surface area contributed by atoms with Gasteiger partial charge in [-0.25, -0.2) is 4.79 Å². The Labute approximate surface area is 173 Å². The van der Waals surface area contributed by atoms with Crippen molar-refractivity contribution < 1.29 is 14.3 Å². The smallest absolute Gasteiger partial charge is 0.322 e. The fraction of sp³-hybridized carbons (Fsp3) is 0.435. The number of carbonyl (C=O) groups excluding carboxylic acids is 1. The van der Waals surface area contributed by atoms with Crippen LogP contribution in [0, 0.1) is 0 Å². The molecule has 156 valence electrons. The van der Waals surface area contributed by atoms with Gasteiger partial charge in [0.1, 0.15) is 11.5 Å². The van der Waals surface area contributed by atoms with Crippen molar-refractivity contribution >= 4 is 11.7 Å². The highest BCUT2D eigenvalue weighted by Crippen LogP contribution is 2.25. The number of hydrogen-bond donors (Lipinski definition) is 1. The Hall–Kier alpha value is -2.73. The molecule has 0 atom stereocenters. The highest BCUT2D eigenvalue weighted by molar-refractivity contribution is 5.91. The van der Waals surface area contributed by atoms with Gasteiger partial charge in [-0.3, -0.25) is 4.90 Å². The number of amides is 2. The molecule has 2 amide bonds. The van der Waals surface area contributed by atoms with Crippen molar-refractivity contribution in [1.82, 2.24) is 9.80 Å². The maximum atomic E-state index is 12.7. The molecule has 0 spiro atoms. The SMILES string of the molecule is COc1ccc(CCN2CCN(C(=O)Nc3ccccc3OC(C)C)CC2)cc1. The molecule has 1 heterocycles. The van der Waals surface area contributed by atoms with Crippen molar-refractivity contribution in [3.05, 3.63) is 54.1 Å². The second-order valence-electron chi connectivity index (χ2n) is 7.52. The highest BCUT2D eigenvalue weighted by Gasteiger charge is 2.21. The molecule has 2 aromatic carbocycles. The van der Waals surface area contributed by atoms with Gasteiger partial charge in [0, 0.05) is 32.7 Å². The van der Waals surface area contributed by atoms with E-state index in [1.807, 2.05) is 55.1 Å². The van der Waals surface area contributed by atoms with Crippen molar-refractivity contribution in [1.29, 1.82) is 0 Å². The molecular formula is C23H31N3O3. The molecule has 1 fully saturated rings. The van der Waals surface area contributed by atoms with Gasteiger partial charge in [0.2, 0.25) is 0 Å². The summed E-state index contributed by atoms with van der Waals surface area (Å²) in [5.41, 5.74) is 2.01. The number of para-hydroxylation sites is 2. The van der Waals surface area contributed by atoms with Crippen LogP contribution in [0.2, 0.25) is 0 Å². The first-order chi connectivity index (χ1) is 14.0. The molecule has 6 heteroatoms. The summed E-state index contributed by atoms with van der Waals surface area (Å²) >= 11 is 0. The number of rotatable bonds is 7. The minimum atomic E-state index is -0.0698. The van der Waals surface area contributed by atoms with Gasteiger partial charge >= 0.3 is 6.03 Å². The van der Waals surface area contributed by atoms with Crippen molar-refractivity contribution in [3.63, 3.8) is 0 Å². The first-order valence-corrected chi connectivity index (χ1v) is 10.2. The van der Waals surface area contributed by atoms with Gasteiger partial charge < -0.3 is 19.7 Å². The normalized spacial score (nSPS) is 14.7. The van der Waals surface area contributed by atoms with E-state index in [9.17, 15) is 4.79 Å². The molecule has 0 aromatic heterocycles. The number of nitrogens with zero attached hydrogens (tertiary/aromatic N) is 2. The second kappa shape index (κ2) is 10.2. The molecule has 0 bridgehead atoms. The lowest BCUT2D eigenvalue weighted by molar-refractivity contribution is 0.148. The zero-order valence-electron chi connectivity index (χ0n) is 17.6. The third-order valence-corrected chi connectivity index (χ3v) is 5.03. The summed E-state index contributed by atoms with van der Waals surface area (Å²) in [7, 11) is 1.68. The van der Waals surface area contributed by atoms with Crippen molar-refractivity contribution in [2.75, 3.05) is 45.2 Å². The Morgan fingerprint density at radius 2 is 1.72 bits per heavy atom. The molecule has 0 unspecified atom stereocenters. The number of ether oxygens (including phenoxy) is 2. The van der Waals surface area contributed by atoms with Crippen LogP contribution in [0.25, 0.3) is 0 Å². The molecule has 3 rings (SSSR count). The van der Waals surface area contributed by atoms with Crippen LogP contribution in [0.5, 0.6) is 11.5 Å². The zero-order chi connectivity index (χ0) is 20.6. The highest BCUT2D eigenvalue weighted by atomic mass is 16.5. The number of carbonyl (C=O) groups is 1. The summed E-state index contributed by atoms with van der Waals surface area (Å²) in [5, 5.41) is 3.00. The Bertz CT molecular complexity index is 784. The van der Waals surface area contributed by atoms with Crippen LogP contribution in [-0.2, 0) is 6.42 Å². The van der Waals surface area contributed by atoms with Gasteiger partial charge in [0.15, 0.2) is 0 Å². The monoisotopic (exact) mass is 397 g/mol. The summed E-state index contributed by atoms with van der Waals surface area (Å²) in [5.74, 6) is 1.59. The van der Waals surface area contributed by atoms with E-state index < -0.39 is 0 Å². The second-order valence-corrected chi connectivity index (χ2v) is 7.52. The third kappa shape index (κ3) is 6.12. The lowest BCUT2D eigenvalue weighted by atomic mass is 10.1. The van der Waals surface area contributed by atoms with E-state index >= 15 is 0 Å². The first-order valence-electron chi connectivity index (χ1n) is 10.2. The lowest BCUT2D eigenvalue weighted by Gasteiger charge is -2.34. The van der Waals surface area contributed by atoms with E-state index in [0.717, 1.165) is 44.9 Å². The molecule has 1 aliphatic heterocycles. The Kier molecular flexibility index (Phi) is 7.36. The molecule has 0 saturated carbocycles. The van der Waals surface area contributed by atoms with Crippen LogP contribution in [0.15, 0.2) is 48.5 Å². The summed E-state index contributed by atoms with van der Waals surface area (Å²) in [6.07, 6.45) is 1.05. The number of urea groups is 1. The van der Waals surface area contributed by atoms with Gasteiger partial charge in [-0.1, -0.05) is 24.3 Å². The van der Waals surface area contributed by atoms with E-state index in [0.29, 0.717) is 11.4 Å². The average molecular weight is 398 g/mol. The molecule has 0 radical (unpaired) electrons. The first kappa shape index (κ1) is 21.0. The molecule has 0 aliphatic carbocycles. The molecule has 2 aromatic rings. The van der Waals surface area contributed by atoms with Crippen molar-refractivity contribution in [3.8, 4) is 11.5 Å². The average Bonchev–Trinajstić information content (AvgIpc) is 2.74. The summed E-state index contributed by atoms with van der Waals surface area (Å²) in [4.78, 5) is 17.0. The molecule has 29 heavy (non-hydrogen) atoms. The quantitative estimate of drug-likeness (QED) is 0.771. The van der Waals surface area contributed by atoms with Crippen LogP contribution in [-0.4, -0.2) is 61.8 Å². The minimum absolute atomic E-state index is 0.0577. The van der Waals surface area contributed by atoms with E-state index in [1.54, 1.807) is 7.11 Å². The Balaban J connectivity index is 1.46. The van der Waals surface area contributed by atoms with Gasteiger partial charge in [-0.05, 0) is 50.1 Å². The van der Waals surface area contributed by atoms with E-state index in [1.165, 1.54) is 5.56 Å². The van der Waals surface area contributed by atoms with Crippen LogP contribution in [0.4, 0.5) is 10.5 Å². The summed E-state index contributed by atoms with van der Waals surface area (Å²) in [6.45, 7) is 8.16. The number of piperazine rings is 1. The van der Waals surface area contributed by atoms with Crippen molar-refractivity contribution in [2.24, 2.45) is 0 Å². The topological polar surface area (TPSA) is 54.0 Å². The van der Waals surface area contributed by atoms with E-state index in [2.05, 4.69) is 22.3 Å². The van der Waals surface area contributed by atoms with Gasteiger partial charge in [-0.15, -0.1) is 0 Å². The largest absolute Gasteiger partial charge is 0.497 e. The maximum absolute atomic E-state index is 12.7. The standard InChI is InChI=1S/C23H31N3O3/c1-18(2)29-22-7-5-4-6-21(22)24-23(27)26-16-14-25(15-17-26)13-12-19-8-10-20(28-3)11-9-19/h4-11,18H,12-17H2,1-3H3,(H,24,27). The predicted octanol–water partition coefficient (Wildman–Crippen LogP) is 3.87. The third-order valence-electron chi connectivity index (χ3n) is 5.03. The van der Waals surface area contributed by atoms with Crippen molar-refractivity contribution in [2.45, 2.75) is 26.4 Å². The minimum Gasteiger partial charge on any atom is -0.497 e. The summed E-state index contributed by atoms with van der Waals surface area (Å²) < 4.78 is 11.0. The number of anilines is 1.